The van der Waals surface area contributed by atoms with Gasteiger partial charge in [0.1, 0.15) is 0 Å². The second kappa shape index (κ2) is 7.68. The van der Waals surface area contributed by atoms with Gasteiger partial charge in [0.05, 0.1) is 17.3 Å². The van der Waals surface area contributed by atoms with Gasteiger partial charge in [-0.15, -0.1) is 0 Å². The van der Waals surface area contributed by atoms with E-state index in [4.69, 9.17) is 0 Å². The smallest absolute Gasteiger partial charge is 0.336 e. The Balaban J connectivity index is 1.53. The summed E-state index contributed by atoms with van der Waals surface area (Å²) in [6, 6.07) is 15.6. The maximum atomic E-state index is 11.4. The largest absolute Gasteiger partial charge is 0.478 e. The summed E-state index contributed by atoms with van der Waals surface area (Å²) in [5, 5.41) is 9.39. The van der Waals surface area contributed by atoms with E-state index in [-0.39, 0.29) is 0 Å². The molecule has 0 bridgehead atoms. The molecule has 4 rings (SSSR count). The number of benzene rings is 2. The highest BCUT2D eigenvalue weighted by atomic mass is 16.4. The molecular formula is C22H21N3O2. The van der Waals surface area contributed by atoms with Crippen molar-refractivity contribution in [1.29, 1.82) is 0 Å². The molecule has 1 aliphatic rings. The maximum absolute atomic E-state index is 11.4. The normalized spacial score (nSPS) is 17.1. The number of hydrogen-bond acceptors (Lipinski definition) is 4. The van der Waals surface area contributed by atoms with Crippen molar-refractivity contribution in [1.82, 2.24) is 14.9 Å². The van der Waals surface area contributed by atoms with E-state index in [1.165, 1.54) is 5.56 Å². The number of carboxylic acids is 1. The SMILES string of the molecule is O=C(O)c1ccccc1-c1ccc(CN2CCCC2c2cnccn2)cc1. The predicted octanol–water partition coefficient (Wildman–Crippen LogP) is 4.18. The maximum Gasteiger partial charge on any atom is 0.336 e. The fourth-order valence-corrected chi connectivity index (χ4v) is 3.78. The fraction of sp³-hybridized carbons (Fsp3) is 0.227. The van der Waals surface area contributed by atoms with Crippen LogP contribution in [-0.4, -0.2) is 32.5 Å². The minimum atomic E-state index is -0.904. The zero-order valence-electron chi connectivity index (χ0n) is 15.0. The lowest BCUT2D eigenvalue weighted by Crippen LogP contribution is -2.23. The van der Waals surface area contributed by atoms with Crippen molar-refractivity contribution >= 4 is 5.97 Å². The zero-order valence-corrected chi connectivity index (χ0v) is 15.0. The van der Waals surface area contributed by atoms with Crippen molar-refractivity contribution in [3.63, 3.8) is 0 Å². The van der Waals surface area contributed by atoms with Gasteiger partial charge in [0.15, 0.2) is 0 Å². The molecule has 1 saturated heterocycles. The van der Waals surface area contributed by atoms with Gasteiger partial charge >= 0.3 is 5.97 Å². The van der Waals surface area contributed by atoms with Crippen LogP contribution in [0, 0.1) is 0 Å². The van der Waals surface area contributed by atoms with E-state index in [9.17, 15) is 9.90 Å². The first-order valence-corrected chi connectivity index (χ1v) is 9.14. The number of nitrogens with zero attached hydrogens (tertiary/aromatic N) is 3. The third kappa shape index (κ3) is 3.73. The Morgan fingerprint density at radius 1 is 1.11 bits per heavy atom. The average molecular weight is 359 g/mol. The summed E-state index contributed by atoms with van der Waals surface area (Å²) in [6.07, 6.45) is 7.57. The van der Waals surface area contributed by atoms with E-state index in [1.807, 2.05) is 30.5 Å². The summed E-state index contributed by atoms with van der Waals surface area (Å²) in [7, 11) is 0. The van der Waals surface area contributed by atoms with Crippen LogP contribution in [0.5, 0.6) is 0 Å². The van der Waals surface area contributed by atoms with E-state index in [0.717, 1.165) is 42.8 Å². The molecule has 3 aromatic rings. The number of carbonyl (C=O) groups is 1. The summed E-state index contributed by atoms with van der Waals surface area (Å²) in [5.41, 5.74) is 4.23. The Bertz CT molecular complexity index is 926. The topological polar surface area (TPSA) is 66.3 Å². The number of rotatable bonds is 5. The molecule has 1 atom stereocenters. The van der Waals surface area contributed by atoms with Gasteiger partial charge in [-0.05, 0) is 42.1 Å². The van der Waals surface area contributed by atoms with E-state index < -0.39 is 5.97 Å². The van der Waals surface area contributed by atoms with Gasteiger partial charge in [0.25, 0.3) is 0 Å². The second-order valence-electron chi connectivity index (χ2n) is 6.81. The van der Waals surface area contributed by atoms with Crippen LogP contribution in [-0.2, 0) is 6.54 Å². The lowest BCUT2D eigenvalue weighted by Gasteiger charge is -2.23. The van der Waals surface area contributed by atoms with Gasteiger partial charge < -0.3 is 5.11 Å². The Hall–Kier alpha value is -3.05. The van der Waals surface area contributed by atoms with E-state index in [2.05, 4.69) is 27.0 Å². The molecule has 1 fully saturated rings. The molecule has 2 heterocycles. The molecule has 0 aliphatic carbocycles. The van der Waals surface area contributed by atoms with Crippen molar-refractivity contribution in [3.05, 3.63) is 83.9 Å². The van der Waals surface area contributed by atoms with Gasteiger partial charge in [-0.1, -0.05) is 42.5 Å². The highest BCUT2D eigenvalue weighted by Gasteiger charge is 2.27. The Kier molecular flexibility index (Phi) is 4.94. The van der Waals surface area contributed by atoms with Crippen LogP contribution in [0.1, 0.15) is 40.5 Å². The number of carboxylic acid groups (broad SMARTS) is 1. The first-order chi connectivity index (χ1) is 13.2. The minimum Gasteiger partial charge on any atom is -0.478 e. The number of likely N-dealkylation sites (tertiary alicyclic amines) is 1. The summed E-state index contributed by atoms with van der Waals surface area (Å²) in [5.74, 6) is -0.904. The first kappa shape index (κ1) is 17.4. The fourth-order valence-electron chi connectivity index (χ4n) is 3.78. The van der Waals surface area contributed by atoms with Crippen LogP contribution in [0.3, 0.4) is 0 Å². The van der Waals surface area contributed by atoms with Crippen LogP contribution in [0.2, 0.25) is 0 Å². The third-order valence-corrected chi connectivity index (χ3v) is 5.10. The van der Waals surface area contributed by atoms with Crippen molar-refractivity contribution < 1.29 is 9.90 Å². The van der Waals surface area contributed by atoms with Crippen LogP contribution < -0.4 is 0 Å². The van der Waals surface area contributed by atoms with Crippen LogP contribution in [0.4, 0.5) is 0 Å². The molecule has 5 nitrogen and oxygen atoms in total. The van der Waals surface area contributed by atoms with E-state index >= 15 is 0 Å². The van der Waals surface area contributed by atoms with Gasteiger partial charge in [0.2, 0.25) is 0 Å². The van der Waals surface area contributed by atoms with Crippen LogP contribution >= 0.6 is 0 Å². The molecule has 5 heteroatoms. The van der Waals surface area contributed by atoms with E-state index in [1.54, 1.807) is 24.5 Å². The molecule has 1 aliphatic heterocycles. The second-order valence-corrected chi connectivity index (χ2v) is 6.81. The van der Waals surface area contributed by atoms with Gasteiger partial charge in [-0.3, -0.25) is 14.9 Å². The minimum absolute atomic E-state index is 0.311. The van der Waals surface area contributed by atoms with Crippen LogP contribution in [0.25, 0.3) is 11.1 Å². The average Bonchev–Trinajstić information content (AvgIpc) is 3.17. The van der Waals surface area contributed by atoms with Gasteiger partial charge in [-0.2, -0.15) is 0 Å². The molecule has 1 N–H and O–H groups in total. The molecule has 136 valence electrons. The van der Waals surface area contributed by atoms with Crippen LogP contribution in [0.15, 0.2) is 67.1 Å². The molecule has 1 unspecified atom stereocenters. The van der Waals surface area contributed by atoms with E-state index in [0.29, 0.717) is 11.6 Å². The Morgan fingerprint density at radius 2 is 1.93 bits per heavy atom. The monoisotopic (exact) mass is 359 g/mol. The predicted molar refractivity (Wildman–Crippen MR) is 103 cm³/mol. The summed E-state index contributed by atoms with van der Waals surface area (Å²) >= 11 is 0. The third-order valence-electron chi connectivity index (χ3n) is 5.10. The quantitative estimate of drug-likeness (QED) is 0.740. The number of aromatic nitrogens is 2. The van der Waals surface area contributed by atoms with Crippen molar-refractivity contribution in [2.24, 2.45) is 0 Å². The molecular weight excluding hydrogens is 338 g/mol. The highest BCUT2D eigenvalue weighted by molar-refractivity contribution is 5.95. The molecule has 1 aromatic heterocycles. The molecule has 0 radical (unpaired) electrons. The Morgan fingerprint density at radius 3 is 2.67 bits per heavy atom. The van der Waals surface area contributed by atoms with Gasteiger partial charge in [0, 0.05) is 25.1 Å². The lowest BCUT2D eigenvalue weighted by molar-refractivity contribution is 0.0697. The van der Waals surface area contributed by atoms with Gasteiger partial charge in [-0.25, -0.2) is 4.79 Å². The molecule has 2 aromatic carbocycles. The first-order valence-electron chi connectivity index (χ1n) is 9.14. The zero-order chi connectivity index (χ0) is 18.6. The number of hydrogen-bond donors (Lipinski definition) is 1. The molecule has 0 saturated carbocycles. The molecule has 0 spiro atoms. The van der Waals surface area contributed by atoms with Crippen molar-refractivity contribution in [2.75, 3.05) is 6.54 Å². The van der Waals surface area contributed by atoms with Crippen molar-refractivity contribution in [2.45, 2.75) is 25.4 Å². The number of aromatic carboxylic acids is 1. The summed E-state index contributed by atoms with van der Waals surface area (Å²) in [6.45, 7) is 1.90. The lowest BCUT2D eigenvalue weighted by atomic mass is 9.98. The summed E-state index contributed by atoms with van der Waals surface area (Å²) in [4.78, 5) is 22.6. The molecule has 0 amide bonds. The van der Waals surface area contributed by atoms with Crippen molar-refractivity contribution in [3.8, 4) is 11.1 Å². The highest BCUT2D eigenvalue weighted by Crippen LogP contribution is 2.32. The molecule has 27 heavy (non-hydrogen) atoms. The summed E-state index contributed by atoms with van der Waals surface area (Å²) < 4.78 is 0. The standard InChI is InChI=1S/C22H21N3O2/c26-22(27)19-5-2-1-4-18(19)17-9-7-16(8-10-17)15-25-13-3-6-21(25)20-14-23-11-12-24-20/h1-2,4-5,7-12,14,21H,3,6,13,15H2,(H,26,27). The Labute approximate surface area is 158 Å².